The van der Waals surface area contributed by atoms with Crippen LogP contribution >= 0.6 is 11.6 Å². The Morgan fingerprint density at radius 1 is 0.955 bits per heavy atom. The Bertz CT molecular complexity index is 687. The van der Waals surface area contributed by atoms with Gasteiger partial charge in [-0.3, -0.25) is 0 Å². The molecule has 1 aliphatic rings. The van der Waals surface area contributed by atoms with Gasteiger partial charge < -0.3 is 9.31 Å². The van der Waals surface area contributed by atoms with E-state index < -0.39 is 0 Å². The molecule has 2 heterocycles. The molecule has 3 rings (SSSR count). The summed E-state index contributed by atoms with van der Waals surface area (Å²) in [6.07, 6.45) is 0. The number of hydrogen-bond donors (Lipinski definition) is 0. The second kappa shape index (κ2) is 5.37. The Morgan fingerprint density at radius 3 is 2.23 bits per heavy atom. The summed E-state index contributed by atoms with van der Waals surface area (Å²) in [7, 11) is -0.371. The number of aromatic nitrogens is 1. The molecule has 0 amide bonds. The largest absolute Gasteiger partial charge is 0.494 e. The first-order valence-electron chi connectivity index (χ1n) is 7.37. The molecule has 0 unspecified atom stereocenters. The Hall–Kier alpha value is -1.36. The molecule has 22 heavy (non-hydrogen) atoms. The Morgan fingerprint density at radius 2 is 1.59 bits per heavy atom. The SMILES string of the molecule is CC1(C)OB(c2cccc(-c3cccc(Cl)n3)c2)OC1(C)C. The van der Waals surface area contributed by atoms with Crippen molar-refractivity contribution in [1.82, 2.24) is 4.98 Å². The second-order valence-electron chi connectivity index (χ2n) is 6.56. The molecule has 5 heteroatoms. The van der Waals surface area contributed by atoms with E-state index in [1.165, 1.54) is 0 Å². The van der Waals surface area contributed by atoms with Gasteiger partial charge in [-0.25, -0.2) is 4.98 Å². The predicted molar refractivity (Wildman–Crippen MR) is 90.4 cm³/mol. The molecule has 1 aliphatic heterocycles. The predicted octanol–water partition coefficient (Wildman–Crippen LogP) is 3.70. The van der Waals surface area contributed by atoms with Crippen molar-refractivity contribution in [2.24, 2.45) is 0 Å². The van der Waals surface area contributed by atoms with Crippen molar-refractivity contribution in [3.63, 3.8) is 0 Å². The summed E-state index contributed by atoms with van der Waals surface area (Å²) >= 11 is 5.98. The average molecular weight is 316 g/mol. The summed E-state index contributed by atoms with van der Waals surface area (Å²) in [6.45, 7) is 8.20. The van der Waals surface area contributed by atoms with E-state index in [1.807, 2.05) is 36.4 Å². The highest BCUT2D eigenvalue weighted by molar-refractivity contribution is 6.62. The van der Waals surface area contributed by atoms with E-state index >= 15 is 0 Å². The minimum absolute atomic E-state index is 0.345. The summed E-state index contributed by atoms with van der Waals surface area (Å²) in [5.74, 6) is 0. The van der Waals surface area contributed by atoms with Crippen molar-refractivity contribution in [3.05, 3.63) is 47.6 Å². The molecular weight excluding hydrogens is 296 g/mol. The molecule has 0 bridgehead atoms. The first kappa shape index (κ1) is 15.5. The summed E-state index contributed by atoms with van der Waals surface area (Å²) < 4.78 is 12.2. The molecule has 0 N–H and O–H groups in total. The van der Waals surface area contributed by atoms with Gasteiger partial charge in [-0.2, -0.15) is 0 Å². The van der Waals surface area contributed by atoms with Crippen LogP contribution in [0, 0.1) is 0 Å². The zero-order valence-electron chi connectivity index (χ0n) is 13.3. The summed E-state index contributed by atoms with van der Waals surface area (Å²) in [5, 5.41) is 0.485. The lowest BCUT2D eigenvalue weighted by Gasteiger charge is -2.32. The van der Waals surface area contributed by atoms with Crippen LogP contribution in [-0.2, 0) is 9.31 Å². The van der Waals surface area contributed by atoms with Gasteiger partial charge in [0, 0.05) is 0 Å². The summed E-state index contributed by atoms with van der Waals surface area (Å²) in [5.41, 5.74) is 2.13. The fraction of sp³-hybridized carbons (Fsp3) is 0.353. The molecule has 3 nitrogen and oxygen atoms in total. The number of pyridine rings is 1. The maximum atomic E-state index is 6.10. The Kier molecular flexibility index (Phi) is 3.80. The maximum Gasteiger partial charge on any atom is 0.494 e. The first-order chi connectivity index (χ1) is 10.3. The molecular formula is C17H19BClNO2. The quantitative estimate of drug-likeness (QED) is 0.625. The molecule has 1 fully saturated rings. The summed E-state index contributed by atoms with van der Waals surface area (Å²) in [6, 6.07) is 13.6. The average Bonchev–Trinajstić information content (AvgIpc) is 2.68. The van der Waals surface area contributed by atoms with Gasteiger partial charge in [0.2, 0.25) is 0 Å². The molecule has 0 aliphatic carbocycles. The minimum atomic E-state index is -0.371. The lowest BCUT2D eigenvalue weighted by Crippen LogP contribution is -2.41. The normalized spacial score (nSPS) is 19.4. The van der Waals surface area contributed by atoms with Gasteiger partial charge in [0.05, 0.1) is 16.9 Å². The van der Waals surface area contributed by atoms with Gasteiger partial charge in [0.25, 0.3) is 0 Å². The van der Waals surface area contributed by atoms with Crippen LogP contribution in [0.2, 0.25) is 5.15 Å². The van der Waals surface area contributed by atoms with Crippen LogP contribution < -0.4 is 5.46 Å². The van der Waals surface area contributed by atoms with Crippen molar-refractivity contribution in [1.29, 1.82) is 0 Å². The molecule has 114 valence electrons. The highest BCUT2D eigenvalue weighted by atomic mass is 35.5. The molecule has 0 saturated carbocycles. The third-order valence-corrected chi connectivity index (χ3v) is 4.63. The molecule has 0 spiro atoms. The molecule has 1 aromatic heterocycles. The Balaban J connectivity index is 1.93. The monoisotopic (exact) mass is 315 g/mol. The molecule has 0 radical (unpaired) electrons. The van der Waals surface area contributed by atoms with E-state index in [-0.39, 0.29) is 18.3 Å². The van der Waals surface area contributed by atoms with Crippen LogP contribution in [0.25, 0.3) is 11.3 Å². The number of nitrogens with zero attached hydrogens (tertiary/aromatic N) is 1. The fourth-order valence-electron chi connectivity index (χ4n) is 2.39. The third kappa shape index (κ3) is 2.79. The van der Waals surface area contributed by atoms with E-state index in [9.17, 15) is 0 Å². The van der Waals surface area contributed by atoms with Crippen LogP contribution in [0.4, 0.5) is 0 Å². The van der Waals surface area contributed by atoms with Crippen LogP contribution in [0.5, 0.6) is 0 Å². The van der Waals surface area contributed by atoms with Crippen LogP contribution in [-0.4, -0.2) is 23.3 Å². The van der Waals surface area contributed by atoms with Crippen LogP contribution in [0.15, 0.2) is 42.5 Å². The van der Waals surface area contributed by atoms with Crippen molar-refractivity contribution in [2.75, 3.05) is 0 Å². The zero-order valence-corrected chi connectivity index (χ0v) is 14.0. The number of halogens is 1. The van der Waals surface area contributed by atoms with Gasteiger partial charge in [-0.1, -0.05) is 41.9 Å². The number of hydrogen-bond acceptors (Lipinski definition) is 3. The van der Waals surface area contributed by atoms with Gasteiger partial charge >= 0.3 is 7.12 Å². The standard InChI is InChI=1S/C17H19BClNO2/c1-16(2)17(3,4)22-18(21-16)13-8-5-7-12(11-13)14-9-6-10-15(19)20-14/h5-11H,1-4H3. The maximum absolute atomic E-state index is 6.10. The lowest BCUT2D eigenvalue weighted by molar-refractivity contribution is 0.00578. The van der Waals surface area contributed by atoms with E-state index in [0.717, 1.165) is 16.7 Å². The number of rotatable bonds is 2. The lowest BCUT2D eigenvalue weighted by atomic mass is 9.78. The van der Waals surface area contributed by atoms with E-state index in [2.05, 4.69) is 32.7 Å². The molecule has 1 saturated heterocycles. The highest BCUT2D eigenvalue weighted by Crippen LogP contribution is 2.36. The van der Waals surface area contributed by atoms with Gasteiger partial charge in [0.1, 0.15) is 5.15 Å². The van der Waals surface area contributed by atoms with Crippen LogP contribution in [0.1, 0.15) is 27.7 Å². The molecule has 1 aromatic carbocycles. The fourth-order valence-corrected chi connectivity index (χ4v) is 2.56. The van der Waals surface area contributed by atoms with Crippen molar-refractivity contribution < 1.29 is 9.31 Å². The molecule has 2 aromatic rings. The highest BCUT2D eigenvalue weighted by Gasteiger charge is 2.51. The zero-order chi connectivity index (χ0) is 16.0. The smallest absolute Gasteiger partial charge is 0.399 e. The van der Waals surface area contributed by atoms with Gasteiger partial charge in [-0.15, -0.1) is 0 Å². The molecule has 0 atom stereocenters. The van der Waals surface area contributed by atoms with Crippen molar-refractivity contribution >= 4 is 24.2 Å². The topological polar surface area (TPSA) is 31.4 Å². The van der Waals surface area contributed by atoms with Gasteiger partial charge in [0.15, 0.2) is 0 Å². The van der Waals surface area contributed by atoms with Crippen molar-refractivity contribution in [2.45, 2.75) is 38.9 Å². The third-order valence-electron chi connectivity index (χ3n) is 4.42. The van der Waals surface area contributed by atoms with Gasteiger partial charge in [-0.05, 0) is 50.9 Å². The van der Waals surface area contributed by atoms with Crippen LogP contribution in [0.3, 0.4) is 0 Å². The van der Waals surface area contributed by atoms with Crippen molar-refractivity contribution in [3.8, 4) is 11.3 Å². The van der Waals surface area contributed by atoms with E-state index in [4.69, 9.17) is 20.9 Å². The Labute approximate surface area is 136 Å². The van der Waals surface area contributed by atoms with E-state index in [1.54, 1.807) is 6.07 Å². The minimum Gasteiger partial charge on any atom is -0.399 e. The second-order valence-corrected chi connectivity index (χ2v) is 6.95. The number of benzene rings is 1. The summed E-state index contributed by atoms with van der Waals surface area (Å²) in [4.78, 5) is 4.35. The van der Waals surface area contributed by atoms with E-state index in [0.29, 0.717) is 5.15 Å². The first-order valence-corrected chi connectivity index (χ1v) is 7.75.